The number of piperazine rings is 1. The molecule has 1 N–H and O–H groups in total. The van der Waals surface area contributed by atoms with E-state index in [0.717, 1.165) is 53.4 Å². The van der Waals surface area contributed by atoms with E-state index in [-0.39, 0.29) is 0 Å². The zero-order valence-electron chi connectivity index (χ0n) is 15.0. The fourth-order valence-electron chi connectivity index (χ4n) is 3.86. The second-order valence-corrected chi connectivity index (χ2v) is 7.37. The molecule has 1 aliphatic heterocycles. The summed E-state index contributed by atoms with van der Waals surface area (Å²) in [6, 6.07) is 16.2. The highest BCUT2D eigenvalue weighted by Gasteiger charge is 2.22. The summed E-state index contributed by atoms with van der Waals surface area (Å²) in [5, 5.41) is 12.8. The number of hydrogen-bond acceptors (Lipinski definition) is 3. The Morgan fingerprint density at radius 1 is 1.00 bits per heavy atom. The molecule has 136 valence electrons. The summed E-state index contributed by atoms with van der Waals surface area (Å²) in [5.41, 5.74) is 3.27. The van der Waals surface area contributed by atoms with Gasteiger partial charge in [0.1, 0.15) is 0 Å². The standard InChI is InChI=1S/C21H24ClN3O/c1-23-14-17(16-6-2-4-8-19(16)23)21(26)15-24-10-12-25(13-11-24)20-9-5-3-7-18(20)22/h2-9,14,21,26H,10-13,15H2,1H3/t21-/m1/s1. The Kier molecular flexibility index (Phi) is 4.90. The minimum Gasteiger partial charge on any atom is -0.387 e. The first kappa shape index (κ1) is 17.4. The highest BCUT2D eigenvalue weighted by molar-refractivity contribution is 6.33. The molecule has 0 saturated carbocycles. The Labute approximate surface area is 159 Å². The lowest BCUT2D eigenvalue weighted by molar-refractivity contribution is 0.110. The van der Waals surface area contributed by atoms with E-state index < -0.39 is 6.10 Å². The molecule has 0 unspecified atom stereocenters. The molecule has 3 aromatic rings. The van der Waals surface area contributed by atoms with Gasteiger partial charge in [0.15, 0.2) is 0 Å². The summed E-state index contributed by atoms with van der Waals surface area (Å²) in [4.78, 5) is 4.66. The van der Waals surface area contributed by atoms with Gasteiger partial charge in [-0.25, -0.2) is 0 Å². The van der Waals surface area contributed by atoms with E-state index in [1.54, 1.807) is 0 Å². The fourth-order valence-corrected chi connectivity index (χ4v) is 4.12. The number of aliphatic hydroxyl groups excluding tert-OH is 1. The number of hydrogen-bond donors (Lipinski definition) is 1. The minimum absolute atomic E-state index is 0.479. The second-order valence-electron chi connectivity index (χ2n) is 6.97. The molecule has 0 radical (unpaired) electrons. The van der Waals surface area contributed by atoms with Gasteiger partial charge in [-0.15, -0.1) is 0 Å². The molecule has 2 heterocycles. The number of benzene rings is 2. The fraction of sp³-hybridized carbons (Fsp3) is 0.333. The zero-order valence-corrected chi connectivity index (χ0v) is 15.7. The van der Waals surface area contributed by atoms with Gasteiger partial charge in [-0.3, -0.25) is 4.90 Å². The summed E-state index contributed by atoms with van der Waals surface area (Å²) in [6.45, 7) is 4.35. The summed E-state index contributed by atoms with van der Waals surface area (Å²) in [5.74, 6) is 0. The number of halogens is 1. The molecule has 2 aromatic carbocycles. The van der Waals surface area contributed by atoms with Crippen LogP contribution in [0, 0.1) is 0 Å². The molecule has 4 rings (SSSR count). The number of aliphatic hydroxyl groups is 1. The molecule has 1 atom stereocenters. The van der Waals surface area contributed by atoms with E-state index in [1.807, 2.05) is 37.4 Å². The molecule has 26 heavy (non-hydrogen) atoms. The van der Waals surface area contributed by atoms with Crippen molar-refractivity contribution in [3.63, 3.8) is 0 Å². The van der Waals surface area contributed by atoms with Crippen LogP contribution >= 0.6 is 11.6 Å². The first-order chi connectivity index (χ1) is 12.6. The van der Waals surface area contributed by atoms with Crippen LogP contribution in [-0.2, 0) is 7.05 Å². The lowest BCUT2D eigenvalue weighted by atomic mass is 10.1. The number of para-hydroxylation sites is 2. The largest absolute Gasteiger partial charge is 0.387 e. The van der Waals surface area contributed by atoms with Gasteiger partial charge in [0, 0.05) is 62.4 Å². The summed E-state index contributed by atoms with van der Waals surface area (Å²) < 4.78 is 2.09. The lowest BCUT2D eigenvalue weighted by Gasteiger charge is -2.37. The molecule has 4 nitrogen and oxygen atoms in total. The number of β-amino-alcohol motifs (C(OH)–C–C–N with tert-alkyl or cyclic N) is 1. The molecule has 0 spiro atoms. The Morgan fingerprint density at radius 3 is 2.46 bits per heavy atom. The van der Waals surface area contributed by atoms with Crippen molar-refractivity contribution in [1.82, 2.24) is 9.47 Å². The number of aryl methyl sites for hydroxylation is 1. The molecule has 0 aliphatic carbocycles. The second kappa shape index (κ2) is 7.31. The third-order valence-corrected chi connectivity index (χ3v) is 5.60. The van der Waals surface area contributed by atoms with Crippen LogP contribution in [0.25, 0.3) is 10.9 Å². The van der Waals surface area contributed by atoms with E-state index in [1.165, 1.54) is 0 Å². The quantitative estimate of drug-likeness (QED) is 0.761. The Morgan fingerprint density at radius 2 is 1.69 bits per heavy atom. The van der Waals surface area contributed by atoms with Crippen molar-refractivity contribution in [2.45, 2.75) is 6.10 Å². The van der Waals surface area contributed by atoms with Crippen molar-refractivity contribution >= 4 is 28.2 Å². The van der Waals surface area contributed by atoms with Crippen LogP contribution in [0.15, 0.2) is 54.7 Å². The van der Waals surface area contributed by atoms with Gasteiger partial charge in [0.05, 0.1) is 16.8 Å². The zero-order chi connectivity index (χ0) is 18.1. The summed E-state index contributed by atoms with van der Waals surface area (Å²) in [6.07, 6.45) is 1.57. The SMILES string of the molecule is Cn1cc([C@H](O)CN2CCN(c3ccccc3Cl)CC2)c2ccccc21. The number of fused-ring (bicyclic) bond motifs is 1. The van der Waals surface area contributed by atoms with Crippen molar-refractivity contribution in [3.8, 4) is 0 Å². The van der Waals surface area contributed by atoms with Crippen LogP contribution in [0.3, 0.4) is 0 Å². The van der Waals surface area contributed by atoms with Gasteiger partial charge in [0.25, 0.3) is 0 Å². The van der Waals surface area contributed by atoms with Crippen molar-refractivity contribution < 1.29 is 5.11 Å². The Hall–Kier alpha value is -2.01. The Bertz CT molecular complexity index is 899. The van der Waals surface area contributed by atoms with Gasteiger partial charge >= 0.3 is 0 Å². The smallest absolute Gasteiger partial charge is 0.0937 e. The average molecular weight is 370 g/mol. The van der Waals surface area contributed by atoms with Crippen LogP contribution in [0.2, 0.25) is 5.02 Å². The predicted molar refractivity (Wildman–Crippen MR) is 108 cm³/mol. The number of anilines is 1. The van der Waals surface area contributed by atoms with Gasteiger partial charge < -0.3 is 14.6 Å². The van der Waals surface area contributed by atoms with Gasteiger partial charge in [-0.2, -0.15) is 0 Å². The molecule has 1 aromatic heterocycles. The van der Waals surface area contributed by atoms with Crippen LogP contribution in [0.4, 0.5) is 5.69 Å². The normalized spacial score (nSPS) is 17.0. The van der Waals surface area contributed by atoms with Crippen LogP contribution < -0.4 is 4.90 Å². The first-order valence-corrected chi connectivity index (χ1v) is 9.45. The van der Waals surface area contributed by atoms with E-state index >= 15 is 0 Å². The van der Waals surface area contributed by atoms with Crippen LogP contribution in [-0.4, -0.2) is 47.3 Å². The van der Waals surface area contributed by atoms with Crippen LogP contribution in [0.1, 0.15) is 11.7 Å². The van der Waals surface area contributed by atoms with E-state index in [0.29, 0.717) is 6.54 Å². The van der Waals surface area contributed by atoms with Gasteiger partial charge in [-0.05, 0) is 18.2 Å². The van der Waals surface area contributed by atoms with Gasteiger partial charge in [0.2, 0.25) is 0 Å². The number of aromatic nitrogens is 1. The predicted octanol–water partition coefficient (Wildman–Crippen LogP) is 3.69. The maximum absolute atomic E-state index is 10.8. The maximum Gasteiger partial charge on any atom is 0.0937 e. The first-order valence-electron chi connectivity index (χ1n) is 9.07. The number of nitrogens with zero attached hydrogens (tertiary/aromatic N) is 3. The molecule has 1 aliphatic rings. The van der Waals surface area contributed by atoms with E-state index in [2.05, 4.69) is 38.8 Å². The topological polar surface area (TPSA) is 31.6 Å². The molecule has 1 saturated heterocycles. The maximum atomic E-state index is 10.8. The Balaban J connectivity index is 1.42. The third kappa shape index (κ3) is 3.32. The summed E-state index contributed by atoms with van der Waals surface area (Å²) in [7, 11) is 2.03. The van der Waals surface area contributed by atoms with E-state index in [4.69, 9.17) is 11.6 Å². The number of rotatable bonds is 4. The summed E-state index contributed by atoms with van der Waals surface area (Å²) >= 11 is 6.32. The van der Waals surface area contributed by atoms with Crippen molar-refractivity contribution in [1.29, 1.82) is 0 Å². The third-order valence-electron chi connectivity index (χ3n) is 5.28. The highest BCUT2D eigenvalue weighted by atomic mass is 35.5. The average Bonchev–Trinajstić information content (AvgIpc) is 3.00. The molecule has 1 fully saturated rings. The minimum atomic E-state index is -0.479. The lowest BCUT2D eigenvalue weighted by Crippen LogP contribution is -2.47. The molecule has 0 bridgehead atoms. The van der Waals surface area contributed by atoms with Gasteiger partial charge in [-0.1, -0.05) is 41.9 Å². The molecular weight excluding hydrogens is 346 g/mol. The van der Waals surface area contributed by atoms with E-state index in [9.17, 15) is 5.11 Å². The van der Waals surface area contributed by atoms with Crippen molar-refractivity contribution in [2.24, 2.45) is 7.05 Å². The molecule has 0 amide bonds. The molecule has 5 heteroatoms. The van der Waals surface area contributed by atoms with Crippen molar-refractivity contribution in [3.05, 3.63) is 65.3 Å². The monoisotopic (exact) mass is 369 g/mol. The molecular formula is C21H24ClN3O. The highest BCUT2D eigenvalue weighted by Crippen LogP contribution is 2.28. The van der Waals surface area contributed by atoms with Crippen molar-refractivity contribution in [2.75, 3.05) is 37.6 Å². The van der Waals surface area contributed by atoms with Crippen LogP contribution in [0.5, 0.6) is 0 Å².